The number of rotatable bonds is 3. The van der Waals surface area contributed by atoms with Crippen LogP contribution in [0.3, 0.4) is 0 Å². The van der Waals surface area contributed by atoms with E-state index >= 15 is 0 Å². The van der Waals surface area contributed by atoms with Crippen LogP contribution in [0.1, 0.15) is 12.5 Å². The van der Waals surface area contributed by atoms with Crippen LogP contribution >= 0.6 is 0 Å². The molecule has 114 valence electrons. The van der Waals surface area contributed by atoms with E-state index in [1.807, 2.05) is 30.3 Å². The minimum atomic E-state index is -0.230. The SMILES string of the molecule is C[C@@H]1CNC[C@H](C2CN(C(=O)OCc3ccccc3)C2)O1. The van der Waals surface area contributed by atoms with Crippen molar-refractivity contribution in [1.29, 1.82) is 0 Å². The van der Waals surface area contributed by atoms with Crippen LogP contribution < -0.4 is 5.32 Å². The predicted molar refractivity (Wildman–Crippen MR) is 78.9 cm³/mol. The Bertz CT molecular complexity index is 474. The molecule has 0 unspecified atom stereocenters. The maximum absolute atomic E-state index is 11.9. The zero-order valence-electron chi connectivity index (χ0n) is 12.3. The number of morpholine rings is 1. The van der Waals surface area contributed by atoms with Gasteiger partial charge in [-0.05, 0) is 12.5 Å². The first-order chi connectivity index (χ1) is 10.2. The first-order valence-electron chi connectivity index (χ1n) is 7.54. The second-order valence-corrected chi connectivity index (χ2v) is 5.85. The molecule has 1 amide bonds. The van der Waals surface area contributed by atoms with Gasteiger partial charge in [-0.2, -0.15) is 0 Å². The summed E-state index contributed by atoms with van der Waals surface area (Å²) >= 11 is 0. The number of nitrogens with zero attached hydrogens (tertiary/aromatic N) is 1. The van der Waals surface area contributed by atoms with Gasteiger partial charge in [-0.25, -0.2) is 4.79 Å². The van der Waals surface area contributed by atoms with Crippen LogP contribution in [0.2, 0.25) is 0 Å². The maximum atomic E-state index is 11.9. The Kier molecular flexibility index (Phi) is 4.41. The lowest BCUT2D eigenvalue weighted by molar-refractivity contribution is -0.0914. The molecule has 2 saturated heterocycles. The average Bonchev–Trinajstić information content (AvgIpc) is 2.45. The number of amides is 1. The molecule has 21 heavy (non-hydrogen) atoms. The van der Waals surface area contributed by atoms with E-state index in [0.717, 1.165) is 31.7 Å². The van der Waals surface area contributed by atoms with Crippen LogP contribution in [0.25, 0.3) is 0 Å². The van der Waals surface area contributed by atoms with Gasteiger partial charge in [0.2, 0.25) is 0 Å². The number of carbonyl (C=O) groups is 1. The van der Waals surface area contributed by atoms with Gasteiger partial charge in [0.1, 0.15) is 6.61 Å². The van der Waals surface area contributed by atoms with Gasteiger partial charge >= 0.3 is 6.09 Å². The first-order valence-corrected chi connectivity index (χ1v) is 7.54. The molecule has 0 bridgehead atoms. The van der Waals surface area contributed by atoms with Crippen molar-refractivity contribution in [1.82, 2.24) is 10.2 Å². The number of ether oxygens (including phenoxy) is 2. The zero-order valence-corrected chi connectivity index (χ0v) is 12.3. The monoisotopic (exact) mass is 290 g/mol. The number of hydrogen-bond acceptors (Lipinski definition) is 4. The summed E-state index contributed by atoms with van der Waals surface area (Å²) in [5.74, 6) is 0.421. The van der Waals surface area contributed by atoms with Crippen LogP contribution in [0.5, 0.6) is 0 Å². The van der Waals surface area contributed by atoms with Crippen molar-refractivity contribution in [2.45, 2.75) is 25.7 Å². The molecule has 2 aliphatic heterocycles. The highest BCUT2D eigenvalue weighted by Gasteiger charge is 2.39. The van der Waals surface area contributed by atoms with Gasteiger partial charge in [0, 0.05) is 32.1 Å². The normalized spacial score (nSPS) is 26.2. The van der Waals surface area contributed by atoms with Crippen LogP contribution in [0, 0.1) is 5.92 Å². The van der Waals surface area contributed by atoms with Crippen molar-refractivity contribution in [3.05, 3.63) is 35.9 Å². The van der Waals surface area contributed by atoms with E-state index in [0.29, 0.717) is 12.5 Å². The van der Waals surface area contributed by atoms with E-state index in [4.69, 9.17) is 9.47 Å². The fourth-order valence-electron chi connectivity index (χ4n) is 2.81. The van der Waals surface area contributed by atoms with E-state index < -0.39 is 0 Å². The molecule has 2 atom stereocenters. The Labute approximate surface area is 125 Å². The van der Waals surface area contributed by atoms with Crippen molar-refractivity contribution < 1.29 is 14.3 Å². The summed E-state index contributed by atoms with van der Waals surface area (Å²) < 4.78 is 11.2. The molecule has 5 nitrogen and oxygen atoms in total. The molecule has 0 spiro atoms. The highest BCUT2D eigenvalue weighted by Crippen LogP contribution is 2.24. The van der Waals surface area contributed by atoms with Gasteiger partial charge in [-0.15, -0.1) is 0 Å². The van der Waals surface area contributed by atoms with E-state index in [-0.39, 0.29) is 18.3 Å². The van der Waals surface area contributed by atoms with Gasteiger partial charge < -0.3 is 19.7 Å². The Morgan fingerprint density at radius 1 is 1.33 bits per heavy atom. The summed E-state index contributed by atoms with van der Waals surface area (Å²) in [5, 5.41) is 3.36. The highest BCUT2D eigenvalue weighted by molar-refractivity contribution is 5.68. The molecule has 1 aromatic rings. The number of hydrogen-bond donors (Lipinski definition) is 1. The lowest BCUT2D eigenvalue weighted by atomic mass is 9.93. The highest BCUT2D eigenvalue weighted by atomic mass is 16.6. The molecule has 5 heteroatoms. The quantitative estimate of drug-likeness (QED) is 0.919. The predicted octanol–water partition coefficient (Wildman–Crippen LogP) is 1.63. The van der Waals surface area contributed by atoms with E-state index in [9.17, 15) is 4.79 Å². The van der Waals surface area contributed by atoms with Crippen molar-refractivity contribution in [3.63, 3.8) is 0 Å². The Hall–Kier alpha value is -1.59. The summed E-state index contributed by atoms with van der Waals surface area (Å²) in [6, 6.07) is 9.74. The molecule has 1 N–H and O–H groups in total. The number of nitrogens with one attached hydrogen (secondary N) is 1. The molecule has 0 saturated carbocycles. The minimum absolute atomic E-state index is 0.215. The topological polar surface area (TPSA) is 50.8 Å². The molecular formula is C16H22N2O3. The van der Waals surface area contributed by atoms with E-state index in [1.54, 1.807) is 4.90 Å². The lowest BCUT2D eigenvalue weighted by Gasteiger charge is -2.44. The summed E-state index contributed by atoms with van der Waals surface area (Å²) in [5.41, 5.74) is 1.01. The van der Waals surface area contributed by atoms with Gasteiger partial charge in [-0.3, -0.25) is 0 Å². The molecule has 2 aliphatic rings. The molecular weight excluding hydrogens is 268 g/mol. The standard InChI is InChI=1S/C16H22N2O3/c1-12-7-17-8-15(21-12)14-9-18(10-14)16(19)20-11-13-5-3-2-4-6-13/h2-6,12,14-15,17H,7-11H2,1H3/t12-,15-/m1/s1. The fourth-order valence-corrected chi connectivity index (χ4v) is 2.81. The smallest absolute Gasteiger partial charge is 0.410 e. The van der Waals surface area contributed by atoms with Crippen LogP contribution in [-0.4, -0.2) is 49.4 Å². The molecule has 0 aromatic heterocycles. The maximum Gasteiger partial charge on any atom is 0.410 e. The largest absolute Gasteiger partial charge is 0.445 e. The van der Waals surface area contributed by atoms with Crippen molar-refractivity contribution in [3.8, 4) is 0 Å². The third-order valence-electron chi connectivity index (χ3n) is 4.08. The fraction of sp³-hybridized carbons (Fsp3) is 0.562. The van der Waals surface area contributed by atoms with Crippen molar-refractivity contribution in [2.75, 3.05) is 26.2 Å². The van der Waals surface area contributed by atoms with E-state index in [2.05, 4.69) is 12.2 Å². The van der Waals surface area contributed by atoms with Crippen molar-refractivity contribution >= 4 is 6.09 Å². The van der Waals surface area contributed by atoms with Crippen LogP contribution in [-0.2, 0) is 16.1 Å². The Balaban J connectivity index is 1.40. The molecule has 2 heterocycles. The Morgan fingerprint density at radius 3 is 2.81 bits per heavy atom. The third-order valence-corrected chi connectivity index (χ3v) is 4.08. The average molecular weight is 290 g/mol. The molecule has 0 aliphatic carbocycles. The van der Waals surface area contributed by atoms with Gasteiger partial charge in [-0.1, -0.05) is 30.3 Å². The molecule has 1 aromatic carbocycles. The number of benzene rings is 1. The van der Waals surface area contributed by atoms with E-state index in [1.165, 1.54) is 0 Å². The summed E-state index contributed by atoms with van der Waals surface area (Å²) in [6.07, 6.45) is 0.238. The third kappa shape index (κ3) is 3.54. The van der Waals surface area contributed by atoms with Crippen molar-refractivity contribution in [2.24, 2.45) is 5.92 Å². The minimum Gasteiger partial charge on any atom is -0.445 e. The second kappa shape index (κ2) is 6.45. The Morgan fingerprint density at radius 2 is 2.10 bits per heavy atom. The zero-order chi connectivity index (χ0) is 14.7. The molecule has 2 fully saturated rings. The summed E-state index contributed by atoms with van der Waals surface area (Å²) in [7, 11) is 0. The van der Waals surface area contributed by atoms with Crippen LogP contribution in [0.4, 0.5) is 4.79 Å². The number of likely N-dealkylation sites (tertiary alicyclic amines) is 1. The van der Waals surface area contributed by atoms with Crippen LogP contribution in [0.15, 0.2) is 30.3 Å². The molecule has 0 radical (unpaired) electrons. The summed E-state index contributed by atoms with van der Waals surface area (Å²) in [6.45, 7) is 5.65. The molecule has 3 rings (SSSR count). The number of carbonyl (C=O) groups excluding carboxylic acids is 1. The lowest BCUT2D eigenvalue weighted by Crippen LogP contribution is -2.59. The first kappa shape index (κ1) is 14.4. The van der Waals surface area contributed by atoms with Gasteiger partial charge in [0.15, 0.2) is 0 Å². The van der Waals surface area contributed by atoms with Gasteiger partial charge in [0.25, 0.3) is 0 Å². The second-order valence-electron chi connectivity index (χ2n) is 5.85. The summed E-state index contributed by atoms with van der Waals surface area (Å²) in [4.78, 5) is 13.7. The van der Waals surface area contributed by atoms with Gasteiger partial charge in [0.05, 0.1) is 12.2 Å².